The quantitative estimate of drug-likeness (QED) is 0.284. The SMILES string of the molecule is CN=C(NCc1ccc(NC(=O)c2ccco2)cc1)N(C)Cc1ccc(F)cc1.I. The van der Waals surface area contributed by atoms with Crippen LogP contribution in [0.4, 0.5) is 10.1 Å². The number of amides is 1. The first-order chi connectivity index (χ1) is 14.0. The Labute approximate surface area is 192 Å². The smallest absolute Gasteiger partial charge is 0.291 e. The molecule has 8 heteroatoms. The molecule has 0 fully saturated rings. The summed E-state index contributed by atoms with van der Waals surface area (Å²) in [6.45, 7) is 1.19. The lowest BCUT2D eigenvalue weighted by molar-refractivity contribution is 0.0996. The van der Waals surface area contributed by atoms with Gasteiger partial charge in [-0.3, -0.25) is 9.79 Å². The van der Waals surface area contributed by atoms with Crippen LogP contribution in [0.1, 0.15) is 21.7 Å². The maximum Gasteiger partial charge on any atom is 0.291 e. The van der Waals surface area contributed by atoms with Crippen molar-refractivity contribution in [2.24, 2.45) is 4.99 Å². The number of hydrogen-bond acceptors (Lipinski definition) is 3. The van der Waals surface area contributed by atoms with E-state index in [9.17, 15) is 9.18 Å². The number of nitrogens with zero attached hydrogens (tertiary/aromatic N) is 2. The Kier molecular flexibility index (Phi) is 8.85. The number of carbonyl (C=O) groups is 1. The largest absolute Gasteiger partial charge is 0.459 e. The number of guanidine groups is 1. The molecule has 1 aromatic heterocycles. The van der Waals surface area contributed by atoms with Crippen LogP contribution in [-0.4, -0.2) is 30.9 Å². The number of benzene rings is 2. The van der Waals surface area contributed by atoms with E-state index in [2.05, 4.69) is 15.6 Å². The van der Waals surface area contributed by atoms with Crippen LogP contribution in [0.15, 0.2) is 76.3 Å². The predicted octanol–water partition coefficient (Wildman–Crippen LogP) is 4.50. The molecule has 0 spiro atoms. The summed E-state index contributed by atoms with van der Waals surface area (Å²) in [6.07, 6.45) is 1.46. The molecule has 0 radical (unpaired) electrons. The fourth-order valence-corrected chi connectivity index (χ4v) is 2.81. The van der Waals surface area contributed by atoms with E-state index in [1.165, 1.54) is 18.4 Å². The first kappa shape index (κ1) is 23.4. The number of rotatable bonds is 6. The van der Waals surface area contributed by atoms with Crippen LogP contribution >= 0.6 is 24.0 Å². The zero-order chi connectivity index (χ0) is 20.6. The van der Waals surface area contributed by atoms with E-state index in [0.29, 0.717) is 18.8 Å². The first-order valence-electron chi connectivity index (χ1n) is 9.15. The van der Waals surface area contributed by atoms with E-state index in [1.807, 2.05) is 36.2 Å². The van der Waals surface area contributed by atoms with Gasteiger partial charge >= 0.3 is 0 Å². The van der Waals surface area contributed by atoms with Gasteiger partial charge < -0.3 is 20.0 Å². The summed E-state index contributed by atoms with van der Waals surface area (Å²) in [6, 6.07) is 17.2. The van der Waals surface area contributed by atoms with Gasteiger partial charge in [0.2, 0.25) is 0 Å². The number of halogens is 2. The maximum atomic E-state index is 13.0. The molecule has 3 aromatic rings. The molecule has 2 N–H and O–H groups in total. The number of carbonyl (C=O) groups excluding carboxylic acids is 1. The molecule has 0 aliphatic carbocycles. The third-order valence-corrected chi connectivity index (χ3v) is 4.31. The van der Waals surface area contributed by atoms with Crippen molar-refractivity contribution in [3.63, 3.8) is 0 Å². The lowest BCUT2D eigenvalue weighted by Crippen LogP contribution is -2.38. The van der Waals surface area contributed by atoms with E-state index >= 15 is 0 Å². The van der Waals surface area contributed by atoms with Gasteiger partial charge in [0, 0.05) is 32.9 Å². The predicted molar refractivity (Wildman–Crippen MR) is 127 cm³/mol. The van der Waals surface area contributed by atoms with Crippen molar-refractivity contribution >= 4 is 41.5 Å². The molecule has 0 saturated heterocycles. The molecule has 0 aliphatic rings. The highest BCUT2D eigenvalue weighted by Crippen LogP contribution is 2.12. The minimum Gasteiger partial charge on any atom is -0.459 e. The molecule has 0 bridgehead atoms. The van der Waals surface area contributed by atoms with Gasteiger partial charge in [0.1, 0.15) is 5.82 Å². The topological polar surface area (TPSA) is 69.9 Å². The summed E-state index contributed by atoms with van der Waals surface area (Å²) in [4.78, 5) is 18.3. The third-order valence-electron chi connectivity index (χ3n) is 4.31. The number of nitrogens with one attached hydrogen (secondary N) is 2. The zero-order valence-corrected chi connectivity index (χ0v) is 19.1. The molecule has 0 unspecified atom stereocenters. The second-order valence-electron chi connectivity index (χ2n) is 6.51. The van der Waals surface area contributed by atoms with Crippen LogP contribution in [0.5, 0.6) is 0 Å². The van der Waals surface area contributed by atoms with Gasteiger partial charge in [-0.2, -0.15) is 0 Å². The number of hydrogen-bond donors (Lipinski definition) is 2. The average molecular weight is 522 g/mol. The monoisotopic (exact) mass is 522 g/mol. The van der Waals surface area contributed by atoms with Crippen LogP contribution in [0.2, 0.25) is 0 Å². The molecule has 158 valence electrons. The highest BCUT2D eigenvalue weighted by atomic mass is 127. The molecule has 2 aromatic carbocycles. The molecule has 0 atom stereocenters. The van der Waals surface area contributed by atoms with Crippen LogP contribution in [0.25, 0.3) is 0 Å². The molecular formula is C22H24FIN4O2. The van der Waals surface area contributed by atoms with Gasteiger partial charge in [-0.05, 0) is 47.5 Å². The van der Waals surface area contributed by atoms with E-state index in [0.717, 1.165) is 17.1 Å². The summed E-state index contributed by atoms with van der Waals surface area (Å²) >= 11 is 0. The van der Waals surface area contributed by atoms with Gasteiger partial charge in [0.05, 0.1) is 6.26 Å². The Balaban J connectivity index is 0.00000320. The lowest BCUT2D eigenvalue weighted by atomic mass is 10.2. The van der Waals surface area contributed by atoms with E-state index in [-0.39, 0.29) is 41.5 Å². The summed E-state index contributed by atoms with van der Waals surface area (Å²) in [5.41, 5.74) is 2.72. The van der Waals surface area contributed by atoms with Crippen LogP contribution < -0.4 is 10.6 Å². The average Bonchev–Trinajstić information content (AvgIpc) is 3.26. The Bertz CT molecular complexity index is 958. The van der Waals surface area contributed by atoms with Crippen molar-refractivity contribution in [1.29, 1.82) is 0 Å². The summed E-state index contributed by atoms with van der Waals surface area (Å²) in [5, 5.41) is 6.08. The number of aliphatic imine (C=N–C) groups is 1. The second-order valence-corrected chi connectivity index (χ2v) is 6.51. The van der Waals surface area contributed by atoms with Crippen molar-refractivity contribution in [3.05, 3.63) is 89.6 Å². The zero-order valence-electron chi connectivity index (χ0n) is 16.8. The molecule has 3 rings (SSSR count). The number of furan rings is 1. The van der Waals surface area contributed by atoms with Gasteiger partial charge in [0.15, 0.2) is 11.7 Å². The molecule has 0 saturated carbocycles. The fraction of sp³-hybridized carbons (Fsp3) is 0.182. The van der Waals surface area contributed by atoms with Gasteiger partial charge in [-0.25, -0.2) is 4.39 Å². The molecule has 6 nitrogen and oxygen atoms in total. The van der Waals surface area contributed by atoms with Gasteiger partial charge in [0.25, 0.3) is 5.91 Å². The van der Waals surface area contributed by atoms with Crippen LogP contribution in [0.3, 0.4) is 0 Å². The minimum absolute atomic E-state index is 0. The normalized spacial score (nSPS) is 10.8. The van der Waals surface area contributed by atoms with Crippen LogP contribution in [-0.2, 0) is 13.1 Å². The molecule has 1 heterocycles. The first-order valence-corrected chi connectivity index (χ1v) is 9.15. The second kappa shape index (κ2) is 11.3. The van der Waals surface area contributed by atoms with Gasteiger partial charge in [-0.15, -0.1) is 24.0 Å². The van der Waals surface area contributed by atoms with Crippen molar-refractivity contribution in [2.45, 2.75) is 13.1 Å². The maximum absolute atomic E-state index is 13.0. The lowest BCUT2D eigenvalue weighted by Gasteiger charge is -2.22. The van der Waals surface area contributed by atoms with E-state index < -0.39 is 0 Å². The highest BCUT2D eigenvalue weighted by Gasteiger charge is 2.09. The van der Waals surface area contributed by atoms with Crippen LogP contribution in [0, 0.1) is 5.82 Å². The standard InChI is InChI=1S/C22H23FN4O2.HI/c1-24-22(27(2)15-17-5-9-18(23)10-6-17)25-14-16-7-11-19(12-8-16)26-21(28)20-4-3-13-29-20;/h3-13H,14-15H2,1-2H3,(H,24,25)(H,26,28);1H. The van der Waals surface area contributed by atoms with E-state index in [1.54, 1.807) is 31.3 Å². The van der Waals surface area contributed by atoms with Crippen molar-refractivity contribution < 1.29 is 13.6 Å². The Morgan fingerprint density at radius 1 is 1.07 bits per heavy atom. The molecule has 1 amide bonds. The summed E-state index contributed by atoms with van der Waals surface area (Å²) in [7, 11) is 3.64. The van der Waals surface area contributed by atoms with Gasteiger partial charge in [-0.1, -0.05) is 24.3 Å². The number of anilines is 1. The highest BCUT2D eigenvalue weighted by molar-refractivity contribution is 14.0. The Hall–Kier alpha value is -2.88. The molecule has 0 aliphatic heterocycles. The summed E-state index contributed by atoms with van der Waals surface area (Å²) in [5.74, 6) is 0.458. The summed E-state index contributed by atoms with van der Waals surface area (Å²) < 4.78 is 18.1. The molecular weight excluding hydrogens is 498 g/mol. The van der Waals surface area contributed by atoms with Crippen molar-refractivity contribution in [1.82, 2.24) is 10.2 Å². The minimum atomic E-state index is -0.288. The molecule has 30 heavy (non-hydrogen) atoms. The van der Waals surface area contributed by atoms with Crippen molar-refractivity contribution in [2.75, 3.05) is 19.4 Å². The van der Waals surface area contributed by atoms with E-state index in [4.69, 9.17) is 4.42 Å². The Morgan fingerprint density at radius 3 is 2.33 bits per heavy atom. The fourth-order valence-electron chi connectivity index (χ4n) is 2.81. The third kappa shape index (κ3) is 6.58. The Morgan fingerprint density at radius 2 is 1.73 bits per heavy atom. The van der Waals surface area contributed by atoms with Crippen molar-refractivity contribution in [3.8, 4) is 0 Å².